The summed E-state index contributed by atoms with van der Waals surface area (Å²) in [6.07, 6.45) is 1.55. The lowest BCUT2D eigenvalue weighted by Crippen LogP contribution is -2.21. The average Bonchev–Trinajstić information content (AvgIpc) is 3.29. The lowest BCUT2D eigenvalue weighted by molar-refractivity contribution is 0.761. The Labute approximate surface area is 179 Å². The molecule has 146 valence electrons. The zero-order chi connectivity index (χ0) is 20.2. The zero-order valence-electron chi connectivity index (χ0n) is 16.0. The van der Waals surface area contributed by atoms with Crippen LogP contribution in [0.2, 0.25) is 5.02 Å². The maximum atomic E-state index is 6.38. The van der Waals surface area contributed by atoms with E-state index in [1.807, 2.05) is 31.2 Å². The van der Waals surface area contributed by atoms with Gasteiger partial charge in [-0.25, -0.2) is 9.97 Å². The minimum absolute atomic E-state index is 0.139. The van der Waals surface area contributed by atoms with Gasteiger partial charge in [0, 0.05) is 34.1 Å². The monoisotopic (exact) mass is 420 g/mol. The fourth-order valence-corrected chi connectivity index (χ4v) is 3.95. The summed E-state index contributed by atoms with van der Waals surface area (Å²) in [5.41, 5.74) is 11.5. The molecule has 0 aliphatic carbocycles. The van der Waals surface area contributed by atoms with Crippen LogP contribution in [0.4, 0.5) is 5.82 Å². The third kappa shape index (κ3) is 4.65. The Morgan fingerprint density at radius 1 is 1.03 bits per heavy atom. The number of halogens is 1. The number of aryl methyl sites for hydroxylation is 1. The van der Waals surface area contributed by atoms with Crippen molar-refractivity contribution in [3.63, 3.8) is 0 Å². The van der Waals surface area contributed by atoms with Crippen molar-refractivity contribution >= 4 is 28.8 Å². The van der Waals surface area contributed by atoms with Gasteiger partial charge < -0.3 is 11.1 Å². The van der Waals surface area contributed by atoms with E-state index < -0.39 is 0 Å². The van der Waals surface area contributed by atoms with Gasteiger partial charge in [-0.1, -0.05) is 54.1 Å². The van der Waals surface area contributed by atoms with Crippen LogP contribution in [0.15, 0.2) is 72.4 Å². The van der Waals surface area contributed by atoms with Crippen LogP contribution >= 0.6 is 22.9 Å². The predicted molar refractivity (Wildman–Crippen MR) is 122 cm³/mol. The number of nitrogens with zero attached hydrogens (tertiary/aromatic N) is 2. The molecule has 29 heavy (non-hydrogen) atoms. The van der Waals surface area contributed by atoms with Crippen molar-refractivity contribution in [2.45, 2.75) is 13.0 Å². The van der Waals surface area contributed by atoms with Crippen LogP contribution in [0.3, 0.4) is 0 Å². The van der Waals surface area contributed by atoms with E-state index in [2.05, 4.69) is 57.1 Å². The van der Waals surface area contributed by atoms with Gasteiger partial charge in [0.05, 0.1) is 5.69 Å². The lowest BCUT2D eigenvalue weighted by Gasteiger charge is -2.14. The van der Waals surface area contributed by atoms with Crippen molar-refractivity contribution in [2.24, 2.45) is 5.73 Å². The summed E-state index contributed by atoms with van der Waals surface area (Å²) in [5, 5.41) is 6.12. The fourth-order valence-electron chi connectivity index (χ4n) is 3.03. The van der Waals surface area contributed by atoms with E-state index in [4.69, 9.17) is 17.3 Å². The van der Waals surface area contributed by atoms with Gasteiger partial charge in [0.1, 0.15) is 12.1 Å². The molecule has 3 N–H and O–H groups in total. The van der Waals surface area contributed by atoms with Gasteiger partial charge in [-0.3, -0.25) is 0 Å². The molecular weight excluding hydrogens is 400 g/mol. The molecular formula is C23H21ClN4S. The lowest BCUT2D eigenvalue weighted by atomic mass is 10.0. The predicted octanol–water partition coefficient (Wildman–Crippen LogP) is 5.95. The first-order chi connectivity index (χ1) is 14.1. The number of rotatable bonds is 6. The highest BCUT2D eigenvalue weighted by Gasteiger charge is 2.09. The highest BCUT2D eigenvalue weighted by Crippen LogP contribution is 2.27. The van der Waals surface area contributed by atoms with Crippen LogP contribution in [-0.2, 0) is 0 Å². The molecule has 0 aliphatic heterocycles. The third-order valence-corrected chi connectivity index (χ3v) is 6.11. The van der Waals surface area contributed by atoms with Crippen LogP contribution in [0.1, 0.15) is 17.2 Å². The molecule has 0 amide bonds. The Kier molecular flexibility index (Phi) is 5.90. The van der Waals surface area contributed by atoms with Crippen molar-refractivity contribution in [3.05, 3.63) is 88.5 Å². The maximum Gasteiger partial charge on any atom is 0.130 e. The Morgan fingerprint density at radius 2 is 1.83 bits per heavy atom. The number of nitrogens with one attached hydrogen (secondary N) is 1. The van der Waals surface area contributed by atoms with Crippen LogP contribution in [-0.4, -0.2) is 16.5 Å². The zero-order valence-corrected chi connectivity index (χ0v) is 17.5. The first-order valence-electron chi connectivity index (χ1n) is 9.32. The largest absolute Gasteiger partial charge is 0.368 e. The molecule has 2 aromatic heterocycles. The molecule has 0 bridgehead atoms. The molecule has 0 saturated carbocycles. The molecule has 0 saturated heterocycles. The fraction of sp³-hybridized carbons (Fsp3) is 0.130. The highest BCUT2D eigenvalue weighted by atomic mass is 35.5. The molecule has 2 aromatic carbocycles. The topological polar surface area (TPSA) is 63.8 Å². The third-order valence-electron chi connectivity index (χ3n) is 4.78. The van der Waals surface area contributed by atoms with E-state index in [0.29, 0.717) is 6.54 Å². The minimum atomic E-state index is -0.139. The minimum Gasteiger partial charge on any atom is -0.368 e. The van der Waals surface area contributed by atoms with E-state index >= 15 is 0 Å². The van der Waals surface area contributed by atoms with Crippen LogP contribution in [0.25, 0.3) is 21.7 Å². The molecule has 0 unspecified atom stereocenters. The molecule has 4 rings (SSSR count). The van der Waals surface area contributed by atoms with Crippen molar-refractivity contribution in [2.75, 3.05) is 11.9 Å². The molecule has 6 heteroatoms. The van der Waals surface area contributed by atoms with Crippen molar-refractivity contribution in [1.82, 2.24) is 9.97 Å². The summed E-state index contributed by atoms with van der Waals surface area (Å²) in [5.74, 6) is 0.734. The summed E-state index contributed by atoms with van der Waals surface area (Å²) < 4.78 is 0. The van der Waals surface area contributed by atoms with Gasteiger partial charge in [0.2, 0.25) is 0 Å². The van der Waals surface area contributed by atoms with Crippen molar-refractivity contribution < 1.29 is 0 Å². The Bertz CT molecular complexity index is 1090. The molecule has 0 aliphatic rings. The van der Waals surface area contributed by atoms with E-state index in [-0.39, 0.29) is 6.04 Å². The summed E-state index contributed by atoms with van der Waals surface area (Å²) in [6, 6.07) is 20.3. The number of hydrogen-bond donors (Lipinski definition) is 2. The van der Waals surface area contributed by atoms with Gasteiger partial charge in [-0.15, -0.1) is 11.3 Å². The quantitative estimate of drug-likeness (QED) is 0.404. The van der Waals surface area contributed by atoms with Gasteiger partial charge in [-0.05, 0) is 41.1 Å². The van der Waals surface area contributed by atoms with Gasteiger partial charge in [0.15, 0.2) is 0 Å². The van der Waals surface area contributed by atoms with Crippen molar-refractivity contribution in [1.29, 1.82) is 0 Å². The number of thiophene rings is 1. The molecule has 0 radical (unpaired) electrons. The highest BCUT2D eigenvalue weighted by molar-refractivity contribution is 7.13. The van der Waals surface area contributed by atoms with E-state index in [1.54, 1.807) is 17.7 Å². The number of hydrogen-bond acceptors (Lipinski definition) is 5. The van der Waals surface area contributed by atoms with Crippen LogP contribution in [0.5, 0.6) is 0 Å². The van der Waals surface area contributed by atoms with Crippen LogP contribution < -0.4 is 11.1 Å². The van der Waals surface area contributed by atoms with Gasteiger partial charge in [0.25, 0.3) is 0 Å². The second kappa shape index (κ2) is 8.74. The first-order valence-corrected chi connectivity index (χ1v) is 10.6. The van der Waals surface area contributed by atoms with E-state index in [0.717, 1.165) is 33.2 Å². The molecule has 2 heterocycles. The standard InChI is InChI=1S/C23H21ClN4S/c1-15-4-5-18(11-19(15)24)21-12-23(28-14-27-21)26-13-20(25)16-6-8-17(9-7-16)22-3-2-10-29-22/h2-12,14,20H,13,25H2,1H3,(H,26,27,28)/t20-/m0/s1. The summed E-state index contributed by atoms with van der Waals surface area (Å²) in [4.78, 5) is 9.93. The normalized spacial score (nSPS) is 12.0. The SMILES string of the molecule is Cc1ccc(-c2cc(NC[C@H](N)c3ccc(-c4cccs4)cc3)ncn2)cc1Cl. The number of anilines is 1. The number of nitrogens with two attached hydrogens (primary N) is 1. The summed E-state index contributed by atoms with van der Waals surface area (Å²) >= 11 is 7.98. The van der Waals surface area contributed by atoms with Gasteiger partial charge in [-0.2, -0.15) is 0 Å². The molecule has 0 fully saturated rings. The Morgan fingerprint density at radius 3 is 2.55 bits per heavy atom. The second-order valence-electron chi connectivity index (χ2n) is 6.84. The molecule has 4 aromatic rings. The maximum absolute atomic E-state index is 6.38. The molecule has 1 atom stereocenters. The Balaban J connectivity index is 1.42. The second-order valence-corrected chi connectivity index (χ2v) is 8.19. The molecule has 0 spiro atoms. The van der Waals surface area contributed by atoms with E-state index in [1.165, 1.54) is 10.4 Å². The average molecular weight is 421 g/mol. The summed E-state index contributed by atoms with van der Waals surface area (Å²) in [7, 11) is 0. The van der Waals surface area contributed by atoms with Crippen molar-refractivity contribution in [3.8, 4) is 21.7 Å². The van der Waals surface area contributed by atoms with Crippen LogP contribution in [0, 0.1) is 6.92 Å². The van der Waals surface area contributed by atoms with E-state index in [9.17, 15) is 0 Å². The number of benzene rings is 2. The number of aromatic nitrogens is 2. The smallest absolute Gasteiger partial charge is 0.130 e. The van der Waals surface area contributed by atoms with Gasteiger partial charge >= 0.3 is 0 Å². The first kappa shape index (κ1) is 19.6. The summed E-state index contributed by atoms with van der Waals surface area (Å²) in [6.45, 7) is 2.55. The Hall–Kier alpha value is -2.73. The molecule has 4 nitrogen and oxygen atoms in total.